The Morgan fingerprint density at radius 3 is 1.93 bits per heavy atom. The Hall–Kier alpha value is -5.43. The molecule has 0 aromatic heterocycles. The Kier molecular flexibility index (Phi) is 22.5. The number of rotatable bonds is 26. The predicted molar refractivity (Wildman–Crippen MR) is 279 cm³/mol. The molecule has 11 atom stereocenters. The van der Waals surface area contributed by atoms with Crippen LogP contribution in [0, 0.1) is 11.8 Å². The highest BCUT2D eigenvalue weighted by Crippen LogP contribution is 2.35. The third-order valence-corrected chi connectivity index (χ3v) is 15.9. The van der Waals surface area contributed by atoms with Gasteiger partial charge in [0.25, 0.3) is 0 Å². The molecule has 18 heteroatoms. The van der Waals surface area contributed by atoms with Crippen LogP contribution in [0.25, 0.3) is 0 Å². The number of hydrogen-bond donors (Lipinski definition) is 9. The van der Waals surface area contributed by atoms with E-state index in [1.807, 2.05) is 74.5 Å². The van der Waals surface area contributed by atoms with Crippen LogP contribution in [0.2, 0.25) is 0 Å². The van der Waals surface area contributed by atoms with Crippen LogP contribution in [0.4, 0.5) is 0 Å². The van der Waals surface area contributed by atoms with Gasteiger partial charge in [0.1, 0.15) is 18.1 Å². The zero-order valence-corrected chi connectivity index (χ0v) is 43.7. The average molecular weight is 1010 g/mol. The molecule has 9 N–H and O–H groups in total. The van der Waals surface area contributed by atoms with Crippen molar-refractivity contribution in [1.29, 1.82) is 0 Å². The molecule has 4 heterocycles. The fraction of sp³-hybridized carbons (Fsp3) is 0.655. The second-order valence-corrected chi connectivity index (χ2v) is 20.6. The summed E-state index contributed by atoms with van der Waals surface area (Å²) in [5.41, 5.74) is 1.64. The molecule has 402 valence electrons. The number of hydrogen-bond acceptors (Lipinski definition) is 11. The summed E-state index contributed by atoms with van der Waals surface area (Å²) in [7, 11) is 3.46. The molecule has 2 aromatic rings. The lowest BCUT2D eigenvalue weighted by atomic mass is 9.92. The number of unbranched alkanes of at least 4 members (excludes halogenated alkanes) is 4. The van der Waals surface area contributed by atoms with Crippen LogP contribution in [0.15, 0.2) is 60.7 Å². The van der Waals surface area contributed by atoms with Gasteiger partial charge in [-0.1, -0.05) is 93.8 Å². The van der Waals surface area contributed by atoms with E-state index in [4.69, 9.17) is 0 Å². The van der Waals surface area contributed by atoms with E-state index in [1.165, 1.54) is 0 Å². The van der Waals surface area contributed by atoms with Crippen molar-refractivity contribution in [2.75, 3.05) is 40.3 Å². The SMILES string of the molecule is CC[C@H](NC)C(=O)N[C@@H]1C(=O)N2[C@@H](CC[C@@H]1CNC(=O)CCCCCCCNC(=O)[C@@H](NC(=O)[C@@H]1CC[C@@H]3CC[C@H](CO)[C@H](NC(=O)[C@H](CC)NC)CN31)c1ccccc1)CC[C@H]2C(=O)NCc1ccccc1. The molecule has 0 unspecified atom stereocenters. The number of benzene rings is 2. The Balaban J connectivity index is 0.944. The summed E-state index contributed by atoms with van der Waals surface area (Å²) in [6.45, 7) is 5.22. The highest BCUT2D eigenvalue weighted by molar-refractivity contribution is 5.94. The van der Waals surface area contributed by atoms with E-state index in [1.54, 1.807) is 19.0 Å². The fourth-order valence-corrected chi connectivity index (χ4v) is 11.5. The summed E-state index contributed by atoms with van der Waals surface area (Å²) < 4.78 is 0. The second kappa shape index (κ2) is 28.9. The topological polar surface area (TPSA) is 242 Å². The van der Waals surface area contributed by atoms with Gasteiger partial charge in [0.05, 0.1) is 18.1 Å². The van der Waals surface area contributed by atoms with Crippen LogP contribution in [-0.2, 0) is 40.1 Å². The highest BCUT2D eigenvalue weighted by Gasteiger charge is 2.48. The van der Waals surface area contributed by atoms with E-state index in [0.29, 0.717) is 83.0 Å². The second-order valence-electron chi connectivity index (χ2n) is 20.6. The third-order valence-electron chi connectivity index (χ3n) is 15.9. The Morgan fingerprint density at radius 2 is 1.25 bits per heavy atom. The molecule has 18 nitrogen and oxygen atoms in total. The van der Waals surface area contributed by atoms with Crippen LogP contribution < -0.4 is 42.5 Å². The summed E-state index contributed by atoms with van der Waals surface area (Å²) in [6, 6.07) is 14.8. The molecule has 73 heavy (non-hydrogen) atoms. The summed E-state index contributed by atoms with van der Waals surface area (Å²) in [5, 5.41) is 34.7. The standard InChI is InChI=1S/C55H84N10O8/c1-5-42(56-3)50(68)61-44-34-64-40(25-24-39(44)35-66)27-29-45(64)53(71)62-48(37-20-14-11-15-21-37)54(72)58-31-17-9-7-8-16-22-47(67)59-33-38-23-26-41-28-30-46(52(70)60-32-36-18-12-10-13-19-36)65(41)55(73)49(38)63-51(69)43(6-2)57-4/h10-15,18-21,38-46,48-49,56-57,66H,5-9,16-17,22-35H2,1-4H3,(H,58,72)(H,59,67)(H,60,70)(H,61,68)(H,62,71)(H,63,69)/t38-,39-,40+,41+,42+,43+,44-,45+,46+,48+,49+/m1/s1. The van der Waals surface area contributed by atoms with E-state index >= 15 is 0 Å². The molecule has 4 fully saturated rings. The predicted octanol–water partition coefficient (Wildman–Crippen LogP) is 2.70. The first-order valence-corrected chi connectivity index (χ1v) is 27.3. The van der Waals surface area contributed by atoms with E-state index in [-0.39, 0.29) is 90.5 Å². The minimum atomic E-state index is -0.894. The highest BCUT2D eigenvalue weighted by atomic mass is 16.3. The number of carbonyl (C=O) groups excluding carboxylic acids is 7. The average Bonchev–Trinajstić information content (AvgIpc) is 3.94. The molecule has 4 saturated heterocycles. The summed E-state index contributed by atoms with van der Waals surface area (Å²) in [5.74, 6) is -2.02. The van der Waals surface area contributed by atoms with Gasteiger partial charge in [0, 0.05) is 69.2 Å². The van der Waals surface area contributed by atoms with Gasteiger partial charge in [-0.3, -0.25) is 38.5 Å². The number of aliphatic hydroxyl groups is 1. The maximum atomic E-state index is 14.4. The quantitative estimate of drug-likeness (QED) is 0.0621. The van der Waals surface area contributed by atoms with Gasteiger partial charge >= 0.3 is 0 Å². The lowest BCUT2D eigenvalue weighted by molar-refractivity contribution is -0.143. The van der Waals surface area contributed by atoms with Gasteiger partial charge in [-0.15, -0.1) is 0 Å². The van der Waals surface area contributed by atoms with Gasteiger partial charge in [-0.25, -0.2) is 0 Å². The van der Waals surface area contributed by atoms with E-state index in [9.17, 15) is 38.7 Å². The van der Waals surface area contributed by atoms with Crippen molar-refractivity contribution in [3.8, 4) is 0 Å². The van der Waals surface area contributed by atoms with Crippen LogP contribution >= 0.6 is 0 Å². The molecule has 2 aromatic carbocycles. The van der Waals surface area contributed by atoms with Crippen molar-refractivity contribution in [1.82, 2.24) is 52.3 Å². The number of nitrogens with one attached hydrogen (secondary N) is 8. The van der Waals surface area contributed by atoms with Crippen molar-refractivity contribution in [2.24, 2.45) is 11.8 Å². The van der Waals surface area contributed by atoms with E-state index in [0.717, 1.165) is 50.5 Å². The summed E-state index contributed by atoms with van der Waals surface area (Å²) in [4.78, 5) is 99.5. The number of nitrogens with zero attached hydrogens (tertiary/aromatic N) is 2. The van der Waals surface area contributed by atoms with Gasteiger partial charge in [0.15, 0.2) is 0 Å². The molecular weight excluding hydrogens is 929 g/mol. The van der Waals surface area contributed by atoms with Crippen molar-refractivity contribution in [3.05, 3.63) is 71.8 Å². The number of likely N-dealkylation sites (N-methyl/N-ethyl adjacent to an activating group) is 2. The normalized spacial score (nSPS) is 25.2. The van der Waals surface area contributed by atoms with E-state index < -0.39 is 30.2 Å². The van der Waals surface area contributed by atoms with Crippen LogP contribution in [0.1, 0.15) is 134 Å². The fourth-order valence-electron chi connectivity index (χ4n) is 11.5. The van der Waals surface area contributed by atoms with Gasteiger partial charge in [-0.2, -0.15) is 0 Å². The van der Waals surface area contributed by atoms with E-state index in [2.05, 4.69) is 47.4 Å². The lowest BCUT2D eigenvalue weighted by Crippen LogP contribution is -2.59. The molecule has 0 radical (unpaired) electrons. The summed E-state index contributed by atoms with van der Waals surface area (Å²) in [6.07, 6.45) is 10.9. The maximum Gasteiger partial charge on any atom is 0.247 e. The first kappa shape index (κ1) is 56.9. The molecule has 4 aliphatic rings. The molecule has 0 saturated carbocycles. The zero-order valence-electron chi connectivity index (χ0n) is 43.7. The largest absolute Gasteiger partial charge is 0.396 e. The van der Waals surface area contributed by atoms with Gasteiger partial charge in [0.2, 0.25) is 41.4 Å². The van der Waals surface area contributed by atoms with Crippen molar-refractivity contribution in [2.45, 2.75) is 178 Å². The van der Waals surface area contributed by atoms with Crippen LogP contribution in [-0.4, -0.2) is 145 Å². The number of amides is 7. The van der Waals surface area contributed by atoms with Gasteiger partial charge < -0.3 is 52.5 Å². The monoisotopic (exact) mass is 1010 g/mol. The molecule has 4 aliphatic heterocycles. The minimum absolute atomic E-state index is 0.0541. The number of fused-ring (bicyclic) bond motifs is 2. The molecule has 0 bridgehead atoms. The Morgan fingerprint density at radius 1 is 0.644 bits per heavy atom. The summed E-state index contributed by atoms with van der Waals surface area (Å²) >= 11 is 0. The van der Waals surface area contributed by atoms with Crippen molar-refractivity contribution in [3.63, 3.8) is 0 Å². The molecule has 0 spiro atoms. The number of aliphatic hydroxyl groups excluding tert-OH is 1. The zero-order chi connectivity index (χ0) is 52.3. The van der Waals surface area contributed by atoms with Crippen molar-refractivity contribution >= 4 is 41.4 Å². The Bertz CT molecular complexity index is 2110. The van der Waals surface area contributed by atoms with Crippen molar-refractivity contribution < 1.29 is 38.7 Å². The van der Waals surface area contributed by atoms with Crippen LogP contribution in [0.3, 0.4) is 0 Å². The first-order chi connectivity index (χ1) is 35.4. The molecule has 6 rings (SSSR count). The first-order valence-electron chi connectivity index (χ1n) is 27.3. The maximum absolute atomic E-state index is 14.4. The molecule has 0 aliphatic carbocycles. The van der Waals surface area contributed by atoms with Gasteiger partial charge in [-0.05, 0) is 102 Å². The lowest BCUT2D eigenvalue weighted by Gasteiger charge is -2.33. The third kappa shape index (κ3) is 15.6. The smallest absolute Gasteiger partial charge is 0.247 e. The van der Waals surface area contributed by atoms with Crippen LogP contribution in [0.5, 0.6) is 0 Å². The molecular formula is C55H84N10O8. The Labute approximate surface area is 432 Å². The number of carbonyl (C=O) groups is 7. The molecule has 7 amide bonds. The minimum Gasteiger partial charge on any atom is -0.396 e.